The van der Waals surface area contributed by atoms with Gasteiger partial charge in [0.1, 0.15) is 12.4 Å². The largest absolute Gasteiger partial charge is 0.489 e. The van der Waals surface area contributed by atoms with E-state index in [-0.39, 0.29) is 0 Å². The smallest absolute Gasteiger partial charge is 0.123 e. The quantitative estimate of drug-likeness (QED) is 0.456. The number of hydrogen-bond acceptors (Lipinski definition) is 2. The third-order valence-corrected chi connectivity index (χ3v) is 9.39. The van der Waals surface area contributed by atoms with Gasteiger partial charge in [0.25, 0.3) is 0 Å². The van der Waals surface area contributed by atoms with Crippen molar-refractivity contribution in [1.29, 1.82) is 0 Å². The lowest BCUT2D eigenvalue weighted by molar-refractivity contribution is 0.0181. The number of benzene rings is 2. The normalized spacial score (nSPS) is 31.0. The summed E-state index contributed by atoms with van der Waals surface area (Å²) in [6, 6.07) is 15.5. The fraction of sp³-hybridized carbons (Fsp3) is 0.600. The van der Waals surface area contributed by atoms with Crippen LogP contribution in [0.5, 0.6) is 5.75 Å². The molecule has 3 aliphatic rings. The van der Waals surface area contributed by atoms with Crippen molar-refractivity contribution in [2.75, 3.05) is 13.7 Å². The molecular weight excluding hydrogens is 392 g/mol. The Kier molecular flexibility index (Phi) is 6.34. The van der Waals surface area contributed by atoms with Gasteiger partial charge in [-0.05, 0) is 109 Å². The third-order valence-electron chi connectivity index (χ3n) is 9.39. The van der Waals surface area contributed by atoms with Gasteiger partial charge < -0.3 is 9.47 Å². The molecule has 32 heavy (non-hydrogen) atoms. The summed E-state index contributed by atoms with van der Waals surface area (Å²) in [6.45, 7) is 6.47. The van der Waals surface area contributed by atoms with Crippen LogP contribution >= 0.6 is 0 Å². The molecule has 2 saturated carbocycles. The van der Waals surface area contributed by atoms with Crippen LogP contribution in [0.1, 0.15) is 80.5 Å². The zero-order valence-corrected chi connectivity index (χ0v) is 20.2. The van der Waals surface area contributed by atoms with Crippen molar-refractivity contribution >= 4 is 0 Å². The lowest BCUT2D eigenvalue weighted by Gasteiger charge is -2.51. The van der Waals surface area contributed by atoms with Crippen LogP contribution in [0.15, 0.2) is 42.5 Å². The number of rotatable bonds is 7. The first-order chi connectivity index (χ1) is 15.6. The summed E-state index contributed by atoms with van der Waals surface area (Å²) in [7, 11) is 1.85. The highest BCUT2D eigenvalue weighted by atomic mass is 16.5. The second-order valence-corrected chi connectivity index (χ2v) is 10.8. The van der Waals surface area contributed by atoms with Gasteiger partial charge in [-0.2, -0.15) is 0 Å². The minimum absolute atomic E-state index is 0.531. The Labute approximate surface area is 194 Å². The van der Waals surface area contributed by atoms with E-state index in [9.17, 15) is 0 Å². The minimum atomic E-state index is 0.531. The first-order valence-electron chi connectivity index (χ1n) is 13.0. The molecule has 2 nitrogen and oxygen atoms in total. The first kappa shape index (κ1) is 22.0. The van der Waals surface area contributed by atoms with Crippen molar-refractivity contribution in [1.82, 2.24) is 0 Å². The van der Waals surface area contributed by atoms with Crippen molar-refractivity contribution in [2.45, 2.75) is 77.7 Å². The summed E-state index contributed by atoms with van der Waals surface area (Å²) in [4.78, 5) is 0. The number of aryl methyl sites for hydroxylation is 2. The molecule has 2 fully saturated rings. The Morgan fingerprint density at radius 3 is 2.66 bits per heavy atom. The molecule has 5 rings (SSSR count). The maximum absolute atomic E-state index is 6.34. The lowest BCUT2D eigenvalue weighted by Crippen LogP contribution is -2.42. The average Bonchev–Trinajstić information content (AvgIpc) is 3.17. The summed E-state index contributed by atoms with van der Waals surface area (Å²) < 4.78 is 11.8. The van der Waals surface area contributed by atoms with Crippen LogP contribution in [0, 0.1) is 23.2 Å². The van der Waals surface area contributed by atoms with Crippen LogP contribution in [0.4, 0.5) is 0 Å². The molecule has 0 radical (unpaired) electrons. The molecule has 0 amide bonds. The number of hydrogen-bond donors (Lipinski definition) is 0. The Bertz CT molecular complexity index is 920. The molecule has 0 N–H and O–H groups in total. The molecule has 0 bridgehead atoms. The number of fused-ring (bicyclic) bond motifs is 5. The van der Waals surface area contributed by atoms with Gasteiger partial charge >= 0.3 is 0 Å². The molecule has 0 aromatic heterocycles. The predicted molar refractivity (Wildman–Crippen MR) is 131 cm³/mol. The van der Waals surface area contributed by atoms with Crippen molar-refractivity contribution < 1.29 is 9.47 Å². The van der Waals surface area contributed by atoms with Crippen LogP contribution < -0.4 is 4.74 Å². The van der Waals surface area contributed by atoms with Crippen LogP contribution in [-0.4, -0.2) is 13.7 Å². The van der Waals surface area contributed by atoms with Gasteiger partial charge in [-0.1, -0.05) is 50.2 Å². The van der Waals surface area contributed by atoms with E-state index in [4.69, 9.17) is 9.47 Å². The average molecular weight is 433 g/mol. The highest BCUT2D eigenvalue weighted by Crippen LogP contribution is 2.63. The molecule has 0 aliphatic heterocycles. The minimum Gasteiger partial charge on any atom is -0.489 e. The van der Waals surface area contributed by atoms with E-state index in [0.29, 0.717) is 12.0 Å². The van der Waals surface area contributed by atoms with E-state index in [1.807, 2.05) is 7.11 Å². The molecule has 1 unspecified atom stereocenters. The van der Waals surface area contributed by atoms with Crippen LogP contribution in [0.25, 0.3) is 0 Å². The van der Waals surface area contributed by atoms with Gasteiger partial charge in [0.2, 0.25) is 0 Å². The Morgan fingerprint density at radius 2 is 1.88 bits per heavy atom. The topological polar surface area (TPSA) is 18.5 Å². The Morgan fingerprint density at radius 1 is 1.03 bits per heavy atom. The van der Waals surface area contributed by atoms with Crippen LogP contribution in [0.3, 0.4) is 0 Å². The van der Waals surface area contributed by atoms with E-state index in [0.717, 1.165) is 42.4 Å². The Balaban J connectivity index is 1.37. The Hall–Kier alpha value is -1.80. The van der Waals surface area contributed by atoms with Gasteiger partial charge in [-0.25, -0.2) is 0 Å². The van der Waals surface area contributed by atoms with Gasteiger partial charge in [-0.3, -0.25) is 0 Å². The van der Waals surface area contributed by atoms with E-state index in [1.165, 1.54) is 56.1 Å². The molecule has 0 saturated heterocycles. The standard InChI is InChI=1S/C30H40O2/c1-4-22-18-27-23(19-29(22)32-20-21-8-6-5-7-9-21)10-12-26-25(27)14-16-30(2)24(15-17-31-3)11-13-28(26)30/h5-9,18-19,24-26,28H,4,10-17,20H2,1-3H3/t24-,25+,26-,28+,30?/m1/s1. The third kappa shape index (κ3) is 3.89. The maximum Gasteiger partial charge on any atom is 0.123 e. The molecule has 2 aromatic carbocycles. The molecule has 2 heteroatoms. The fourth-order valence-corrected chi connectivity index (χ4v) is 7.63. The van der Waals surface area contributed by atoms with Gasteiger partial charge in [0.15, 0.2) is 0 Å². The van der Waals surface area contributed by atoms with Crippen molar-refractivity contribution in [2.24, 2.45) is 23.2 Å². The van der Waals surface area contributed by atoms with Crippen molar-refractivity contribution in [3.05, 3.63) is 64.7 Å². The van der Waals surface area contributed by atoms with Crippen LogP contribution in [-0.2, 0) is 24.2 Å². The lowest BCUT2D eigenvalue weighted by atomic mass is 9.54. The number of methoxy groups -OCH3 is 1. The van der Waals surface area contributed by atoms with Crippen molar-refractivity contribution in [3.63, 3.8) is 0 Å². The van der Waals surface area contributed by atoms with Crippen molar-refractivity contribution in [3.8, 4) is 5.75 Å². The van der Waals surface area contributed by atoms with E-state index < -0.39 is 0 Å². The van der Waals surface area contributed by atoms with Gasteiger partial charge in [0.05, 0.1) is 0 Å². The van der Waals surface area contributed by atoms with Gasteiger partial charge in [-0.15, -0.1) is 0 Å². The molecule has 0 heterocycles. The summed E-state index contributed by atoms with van der Waals surface area (Å²) in [6.07, 6.45) is 10.5. The summed E-state index contributed by atoms with van der Waals surface area (Å²) >= 11 is 0. The fourth-order valence-electron chi connectivity index (χ4n) is 7.63. The second-order valence-electron chi connectivity index (χ2n) is 10.8. The second kappa shape index (κ2) is 9.21. The highest BCUT2D eigenvalue weighted by Gasteiger charge is 2.54. The molecule has 0 spiro atoms. The highest BCUT2D eigenvalue weighted by molar-refractivity contribution is 5.46. The first-order valence-corrected chi connectivity index (χ1v) is 13.0. The van der Waals surface area contributed by atoms with Gasteiger partial charge in [0, 0.05) is 13.7 Å². The number of ether oxygens (including phenoxy) is 2. The summed E-state index contributed by atoms with van der Waals surface area (Å²) in [5.41, 5.74) is 6.38. The molecule has 2 aromatic rings. The predicted octanol–water partition coefficient (Wildman–Crippen LogP) is 7.34. The monoisotopic (exact) mass is 432 g/mol. The van der Waals surface area contributed by atoms with E-state index in [2.05, 4.69) is 56.3 Å². The molecule has 5 atom stereocenters. The van der Waals surface area contributed by atoms with Crippen LogP contribution in [0.2, 0.25) is 0 Å². The molecule has 3 aliphatic carbocycles. The molecular formula is C30H40O2. The van der Waals surface area contributed by atoms with E-state index in [1.54, 1.807) is 11.1 Å². The summed E-state index contributed by atoms with van der Waals surface area (Å²) in [5, 5.41) is 0. The molecule has 172 valence electrons. The zero-order chi connectivity index (χ0) is 22.1. The van der Waals surface area contributed by atoms with E-state index >= 15 is 0 Å². The zero-order valence-electron chi connectivity index (χ0n) is 20.2. The maximum atomic E-state index is 6.34. The summed E-state index contributed by atoms with van der Waals surface area (Å²) in [5.74, 6) is 4.49. The SMILES string of the molecule is CCc1cc2c(cc1OCc1ccccc1)CC[C@@H]1[C@@H]2CCC2(C)[C@@H](CCOC)CC[C@@H]12.